The molecule has 1 aromatic heterocycles. The lowest BCUT2D eigenvalue weighted by Gasteiger charge is -2.33. The summed E-state index contributed by atoms with van der Waals surface area (Å²) in [5, 5.41) is 3.21. The van der Waals surface area contributed by atoms with Crippen molar-refractivity contribution in [2.75, 3.05) is 11.9 Å². The zero-order chi connectivity index (χ0) is 16.6. The minimum absolute atomic E-state index is 0.0327. The number of rotatable bonds is 4. The summed E-state index contributed by atoms with van der Waals surface area (Å²) in [7, 11) is 0. The van der Waals surface area contributed by atoms with Crippen LogP contribution in [0.15, 0.2) is 41.7 Å². The van der Waals surface area contributed by atoms with Crippen LogP contribution in [0.25, 0.3) is 11.3 Å². The fourth-order valence-electron chi connectivity index (χ4n) is 3.42. The first kappa shape index (κ1) is 15.5. The van der Waals surface area contributed by atoms with Crippen molar-refractivity contribution in [1.82, 2.24) is 9.55 Å². The largest absolute Gasteiger partial charge is 0.356 e. The predicted molar refractivity (Wildman–Crippen MR) is 95.0 cm³/mol. The molecule has 0 aliphatic heterocycles. The van der Waals surface area contributed by atoms with Crippen LogP contribution in [0.2, 0.25) is 0 Å². The fraction of sp³-hybridized carbons (Fsp3) is 0.368. The molecule has 1 aliphatic rings. The average molecular weight is 309 g/mol. The molecule has 0 bridgehead atoms. The van der Waals surface area contributed by atoms with Crippen LogP contribution in [0, 0.1) is 0 Å². The second-order valence-corrected chi connectivity index (χ2v) is 6.61. The van der Waals surface area contributed by atoms with Crippen molar-refractivity contribution in [3.8, 4) is 11.3 Å². The Morgan fingerprint density at radius 1 is 1.39 bits per heavy atom. The summed E-state index contributed by atoms with van der Waals surface area (Å²) in [5.41, 5.74) is 3.74. The lowest BCUT2D eigenvalue weighted by atomic mass is 9.72. The molecule has 0 saturated carbocycles. The number of fused-ring (bicyclic) bond motifs is 3. The highest BCUT2D eigenvalue weighted by molar-refractivity contribution is 5.72. The number of nitrogens with zero attached hydrogens (tertiary/aromatic N) is 2. The van der Waals surface area contributed by atoms with Crippen LogP contribution in [0.4, 0.5) is 5.95 Å². The van der Waals surface area contributed by atoms with Gasteiger partial charge in [0, 0.05) is 29.6 Å². The standard InChI is InChI=1S/C19H23N3O/c1-5-11-22-17(23)15-16(21-18(22)20-6-2)14-10-8-7-9-13(14)12-19(15,3)4/h5,7-10H,1,6,11-12H2,2-4H3,(H,20,21). The molecule has 1 N–H and O–H groups in total. The maximum Gasteiger partial charge on any atom is 0.259 e. The normalized spacial score (nSPS) is 14.7. The van der Waals surface area contributed by atoms with E-state index in [0.29, 0.717) is 19.0 Å². The minimum Gasteiger partial charge on any atom is -0.356 e. The molecule has 1 heterocycles. The van der Waals surface area contributed by atoms with E-state index in [1.165, 1.54) is 5.56 Å². The third-order valence-electron chi connectivity index (χ3n) is 4.40. The quantitative estimate of drug-likeness (QED) is 0.881. The topological polar surface area (TPSA) is 46.9 Å². The molecule has 4 heteroatoms. The van der Waals surface area contributed by atoms with Gasteiger partial charge >= 0.3 is 0 Å². The van der Waals surface area contributed by atoms with E-state index in [1.807, 2.05) is 19.1 Å². The van der Waals surface area contributed by atoms with Gasteiger partial charge in [0.2, 0.25) is 5.95 Å². The molecule has 1 aromatic carbocycles. The molecule has 0 unspecified atom stereocenters. The number of hydrogen-bond donors (Lipinski definition) is 1. The van der Waals surface area contributed by atoms with Crippen molar-refractivity contribution in [3.05, 3.63) is 58.4 Å². The van der Waals surface area contributed by atoms with Crippen LogP contribution in [-0.4, -0.2) is 16.1 Å². The van der Waals surface area contributed by atoms with E-state index in [-0.39, 0.29) is 11.0 Å². The third kappa shape index (κ3) is 2.48. The van der Waals surface area contributed by atoms with Crippen LogP contribution >= 0.6 is 0 Å². The van der Waals surface area contributed by atoms with Crippen LogP contribution in [-0.2, 0) is 18.4 Å². The third-order valence-corrected chi connectivity index (χ3v) is 4.40. The molecule has 0 saturated heterocycles. The van der Waals surface area contributed by atoms with Crippen LogP contribution in [0.5, 0.6) is 0 Å². The Morgan fingerprint density at radius 2 is 2.13 bits per heavy atom. The van der Waals surface area contributed by atoms with E-state index in [9.17, 15) is 4.79 Å². The van der Waals surface area contributed by atoms with Crippen molar-refractivity contribution in [3.63, 3.8) is 0 Å². The molecular weight excluding hydrogens is 286 g/mol. The fourth-order valence-corrected chi connectivity index (χ4v) is 3.42. The lowest BCUT2D eigenvalue weighted by Crippen LogP contribution is -2.38. The minimum atomic E-state index is -0.235. The van der Waals surface area contributed by atoms with Gasteiger partial charge in [-0.05, 0) is 18.9 Å². The van der Waals surface area contributed by atoms with Crippen molar-refractivity contribution >= 4 is 5.95 Å². The van der Waals surface area contributed by atoms with Crippen molar-refractivity contribution < 1.29 is 0 Å². The molecule has 1 aliphatic carbocycles. The Balaban J connectivity index is 2.36. The SMILES string of the molecule is C=CCn1c(NCC)nc2c(c1=O)C(C)(C)Cc1ccccc1-2. The Morgan fingerprint density at radius 3 is 2.83 bits per heavy atom. The first-order valence-corrected chi connectivity index (χ1v) is 8.08. The molecule has 3 rings (SSSR count). The first-order chi connectivity index (χ1) is 11.0. The van der Waals surface area contributed by atoms with Gasteiger partial charge in [-0.3, -0.25) is 9.36 Å². The zero-order valence-corrected chi connectivity index (χ0v) is 14.0. The number of nitrogens with one attached hydrogen (secondary N) is 1. The molecule has 0 spiro atoms. The summed E-state index contributed by atoms with van der Waals surface area (Å²) in [5.74, 6) is 0.614. The monoisotopic (exact) mass is 309 g/mol. The van der Waals surface area contributed by atoms with Crippen LogP contribution in [0.1, 0.15) is 31.9 Å². The highest BCUT2D eigenvalue weighted by Crippen LogP contribution is 2.40. The second-order valence-electron chi connectivity index (χ2n) is 6.61. The van der Waals surface area contributed by atoms with Gasteiger partial charge in [-0.15, -0.1) is 6.58 Å². The van der Waals surface area contributed by atoms with Gasteiger partial charge in [-0.1, -0.05) is 44.2 Å². The van der Waals surface area contributed by atoms with Gasteiger partial charge in [0.1, 0.15) is 0 Å². The Hall–Kier alpha value is -2.36. The van der Waals surface area contributed by atoms with E-state index in [1.54, 1.807) is 10.6 Å². The number of benzene rings is 1. The van der Waals surface area contributed by atoms with E-state index < -0.39 is 0 Å². The molecular formula is C19H23N3O. The number of allylic oxidation sites excluding steroid dienone is 1. The molecule has 0 atom stereocenters. The van der Waals surface area contributed by atoms with Crippen molar-refractivity contribution in [2.24, 2.45) is 0 Å². The average Bonchev–Trinajstić information content (AvgIpc) is 2.50. The lowest BCUT2D eigenvalue weighted by molar-refractivity contribution is 0.500. The Kier molecular flexibility index (Phi) is 3.84. The van der Waals surface area contributed by atoms with Gasteiger partial charge in [-0.25, -0.2) is 4.98 Å². The second kappa shape index (κ2) is 5.69. The predicted octanol–water partition coefficient (Wildman–Crippen LogP) is 3.36. The number of anilines is 1. The molecule has 0 fully saturated rings. The molecule has 0 radical (unpaired) electrons. The number of aromatic nitrogens is 2. The maximum absolute atomic E-state index is 13.2. The van der Waals surface area contributed by atoms with E-state index in [0.717, 1.165) is 23.2 Å². The van der Waals surface area contributed by atoms with Crippen LogP contribution < -0.4 is 10.9 Å². The van der Waals surface area contributed by atoms with Gasteiger partial charge in [-0.2, -0.15) is 0 Å². The summed E-state index contributed by atoms with van der Waals surface area (Å²) in [4.78, 5) is 18.0. The Bertz CT molecular complexity index is 818. The molecule has 2 aromatic rings. The van der Waals surface area contributed by atoms with E-state index >= 15 is 0 Å². The summed E-state index contributed by atoms with van der Waals surface area (Å²) in [6, 6.07) is 8.24. The summed E-state index contributed by atoms with van der Waals surface area (Å²) < 4.78 is 1.69. The maximum atomic E-state index is 13.2. The zero-order valence-electron chi connectivity index (χ0n) is 14.0. The van der Waals surface area contributed by atoms with Gasteiger partial charge in [0.25, 0.3) is 5.56 Å². The highest BCUT2D eigenvalue weighted by Gasteiger charge is 2.35. The molecule has 0 amide bonds. The van der Waals surface area contributed by atoms with Gasteiger partial charge in [0.15, 0.2) is 0 Å². The number of hydrogen-bond acceptors (Lipinski definition) is 3. The summed E-state index contributed by atoms with van der Waals surface area (Å²) in [6.45, 7) is 11.2. The highest BCUT2D eigenvalue weighted by atomic mass is 16.1. The Labute approximate surface area is 136 Å². The van der Waals surface area contributed by atoms with Gasteiger partial charge in [0.05, 0.1) is 5.69 Å². The van der Waals surface area contributed by atoms with Crippen molar-refractivity contribution in [1.29, 1.82) is 0 Å². The van der Waals surface area contributed by atoms with Crippen LogP contribution in [0.3, 0.4) is 0 Å². The molecule has 120 valence electrons. The summed E-state index contributed by atoms with van der Waals surface area (Å²) >= 11 is 0. The van der Waals surface area contributed by atoms with E-state index in [2.05, 4.69) is 37.9 Å². The molecule has 23 heavy (non-hydrogen) atoms. The van der Waals surface area contributed by atoms with Crippen molar-refractivity contribution in [2.45, 2.75) is 39.2 Å². The smallest absolute Gasteiger partial charge is 0.259 e. The van der Waals surface area contributed by atoms with E-state index in [4.69, 9.17) is 4.98 Å². The summed E-state index contributed by atoms with van der Waals surface area (Å²) in [6.07, 6.45) is 2.59. The molecule has 4 nitrogen and oxygen atoms in total. The van der Waals surface area contributed by atoms with Gasteiger partial charge < -0.3 is 5.32 Å². The first-order valence-electron chi connectivity index (χ1n) is 8.08.